The Balaban J connectivity index is 1.51. The Morgan fingerprint density at radius 1 is 1.02 bits per heavy atom. The van der Waals surface area contributed by atoms with Gasteiger partial charge in [0, 0.05) is 12.6 Å². The Hall–Kier alpha value is -3.23. The van der Waals surface area contributed by atoms with Crippen LogP contribution in [0.5, 0.6) is 0 Å². The number of benzene rings is 2. The van der Waals surface area contributed by atoms with Crippen molar-refractivity contribution in [3.63, 3.8) is 0 Å². The Morgan fingerprint density at radius 2 is 1.68 bits per heavy atom. The van der Waals surface area contributed by atoms with Crippen molar-refractivity contribution in [2.45, 2.75) is 95.2 Å². The molecule has 5 rings (SSSR count). The topological polar surface area (TPSA) is 108 Å². The van der Waals surface area contributed by atoms with Gasteiger partial charge in [-0.25, -0.2) is 0 Å². The van der Waals surface area contributed by atoms with Crippen LogP contribution < -0.4 is 10.6 Å². The van der Waals surface area contributed by atoms with Crippen LogP contribution in [0.2, 0.25) is 0 Å². The molecule has 3 unspecified atom stereocenters. The molecule has 3 amide bonds. The predicted molar refractivity (Wildman–Crippen MR) is 156 cm³/mol. The zero-order valence-electron chi connectivity index (χ0n) is 24.3. The highest BCUT2D eigenvalue weighted by Gasteiger charge is 2.79. The minimum atomic E-state index is -1.12. The standard InChI is InChI=1S/C33H43N3O5/c1-4-12-22(3)35-30(39)28-33-18-17-32(5-2,41-33)26(29(38)34-20-24-15-10-7-11-16-24)27(33)31(40)36(28)25(21-37)19-23-13-8-6-9-14-23/h6-11,13-16,22,25-28,37H,4-5,12,17-21H2,1-3H3,(H,34,38)(H,35,39)/t22?,25-,26+,27+,28?,32-,33?/m1/s1. The normalized spacial score (nSPS) is 29.7. The number of ether oxygens (including phenoxy) is 1. The fourth-order valence-electron chi connectivity index (χ4n) is 7.61. The van der Waals surface area contributed by atoms with Crippen molar-refractivity contribution >= 4 is 17.7 Å². The molecule has 3 heterocycles. The number of hydrogen-bond acceptors (Lipinski definition) is 5. The number of fused-ring (bicyclic) bond motifs is 1. The number of hydrogen-bond donors (Lipinski definition) is 3. The van der Waals surface area contributed by atoms with Gasteiger partial charge >= 0.3 is 0 Å². The first-order chi connectivity index (χ1) is 19.8. The zero-order valence-corrected chi connectivity index (χ0v) is 24.3. The number of nitrogens with one attached hydrogen (secondary N) is 2. The fraction of sp³-hybridized carbons (Fsp3) is 0.545. The molecular weight excluding hydrogens is 518 g/mol. The molecular formula is C33H43N3O5. The summed E-state index contributed by atoms with van der Waals surface area (Å²) in [7, 11) is 0. The molecule has 0 radical (unpaired) electrons. The molecule has 0 aromatic heterocycles. The molecule has 0 saturated carbocycles. The van der Waals surface area contributed by atoms with E-state index >= 15 is 0 Å². The predicted octanol–water partition coefficient (Wildman–Crippen LogP) is 3.37. The molecule has 220 valence electrons. The third-order valence-electron chi connectivity index (χ3n) is 9.49. The largest absolute Gasteiger partial charge is 0.394 e. The van der Waals surface area contributed by atoms with Crippen LogP contribution in [-0.4, -0.2) is 63.7 Å². The highest BCUT2D eigenvalue weighted by atomic mass is 16.5. The van der Waals surface area contributed by atoms with E-state index in [0.717, 1.165) is 24.0 Å². The van der Waals surface area contributed by atoms with Gasteiger partial charge in [-0.3, -0.25) is 14.4 Å². The Labute approximate surface area is 242 Å². The Kier molecular flexibility index (Phi) is 8.52. The number of likely N-dealkylation sites (tertiary alicyclic amines) is 1. The number of nitrogens with zero attached hydrogens (tertiary/aromatic N) is 1. The lowest BCUT2D eigenvalue weighted by atomic mass is 9.65. The van der Waals surface area contributed by atoms with Crippen LogP contribution in [0.15, 0.2) is 60.7 Å². The van der Waals surface area contributed by atoms with E-state index in [-0.39, 0.29) is 30.4 Å². The van der Waals surface area contributed by atoms with Crippen molar-refractivity contribution in [2.75, 3.05) is 6.61 Å². The summed E-state index contributed by atoms with van der Waals surface area (Å²) in [5.74, 6) is -2.29. The molecule has 3 saturated heterocycles. The van der Waals surface area contributed by atoms with Gasteiger partial charge in [0.25, 0.3) is 0 Å². The van der Waals surface area contributed by atoms with E-state index in [1.54, 1.807) is 4.90 Å². The van der Waals surface area contributed by atoms with E-state index in [9.17, 15) is 19.5 Å². The number of aliphatic hydroxyl groups excluding tert-OH is 1. The van der Waals surface area contributed by atoms with Gasteiger partial charge in [-0.1, -0.05) is 80.9 Å². The average molecular weight is 562 g/mol. The van der Waals surface area contributed by atoms with Gasteiger partial charge in [0.15, 0.2) is 0 Å². The molecule has 2 aromatic rings. The average Bonchev–Trinajstić information content (AvgIpc) is 3.59. The second kappa shape index (κ2) is 11.9. The molecule has 3 aliphatic rings. The van der Waals surface area contributed by atoms with Gasteiger partial charge in [-0.2, -0.15) is 0 Å². The second-order valence-corrected chi connectivity index (χ2v) is 12.0. The molecule has 3 aliphatic heterocycles. The summed E-state index contributed by atoms with van der Waals surface area (Å²) in [6.07, 6.45) is 3.79. The summed E-state index contributed by atoms with van der Waals surface area (Å²) in [5, 5.41) is 16.8. The van der Waals surface area contributed by atoms with Crippen LogP contribution in [0, 0.1) is 11.8 Å². The molecule has 2 bridgehead atoms. The van der Waals surface area contributed by atoms with E-state index in [1.165, 1.54) is 0 Å². The Bertz CT molecular complexity index is 1240. The van der Waals surface area contributed by atoms with Crippen molar-refractivity contribution < 1.29 is 24.2 Å². The van der Waals surface area contributed by atoms with Crippen molar-refractivity contribution in [3.8, 4) is 0 Å². The third-order valence-corrected chi connectivity index (χ3v) is 9.49. The minimum Gasteiger partial charge on any atom is -0.394 e. The van der Waals surface area contributed by atoms with Gasteiger partial charge in [0.05, 0.1) is 30.1 Å². The lowest BCUT2D eigenvalue weighted by Crippen LogP contribution is -2.59. The van der Waals surface area contributed by atoms with Crippen LogP contribution in [0.3, 0.4) is 0 Å². The molecule has 3 N–H and O–H groups in total. The first kappa shape index (κ1) is 29.3. The van der Waals surface area contributed by atoms with Crippen molar-refractivity contribution in [2.24, 2.45) is 11.8 Å². The van der Waals surface area contributed by atoms with Crippen LogP contribution >= 0.6 is 0 Å². The van der Waals surface area contributed by atoms with Crippen LogP contribution in [0.25, 0.3) is 0 Å². The monoisotopic (exact) mass is 561 g/mol. The molecule has 2 aromatic carbocycles. The summed E-state index contributed by atoms with van der Waals surface area (Å²) in [6.45, 7) is 6.06. The van der Waals surface area contributed by atoms with Crippen LogP contribution in [0.1, 0.15) is 64.0 Å². The lowest BCUT2D eigenvalue weighted by molar-refractivity contribution is -0.151. The van der Waals surface area contributed by atoms with Crippen molar-refractivity contribution in [3.05, 3.63) is 71.8 Å². The van der Waals surface area contributed by atoms with E-state index in [0.29, 0.717) is 32.2 Å². The number of amides is 3. The summed E-state index contributed by atoms with van der Waals surface area (Å²) in [4.78, 5) is 44.1. The number of aliphatic hydroxyl groups is 1. The molecule has 8 nitrogen and oxygen atoms in total. The van der Waals surface area contributed by atoms with E-state index in [1.807, 2.05) is 74.5 Å². The number of rotatable bonds is 12. The number of carbonyl (C=O) groups is 3. The highest BCUT2D eigenvalue weighted by molar-refractivity contribution is 5.99. The molecule has 0 aliphatic carbocycles. The molecule has 8 heteroatoms. The van der Waals surface area contributed by atoms with Gasteiger partial charge in [-0.05, 0) is 50.2 Å². The maximum Gasteiger partial charge on any atom is 0.246 e. The van der Waals surface area contributed by atoms with Gasteiger partial charge in [-0.15, -0.1) is 0 Å². The van der Waals surface area contributed by atoms with Gasteiger partial charge in [0.2, 0.25) is 17.7 Å². The molecule has 3 fully saturated rings. The minimum absolute atomic E-state index is 0.0784. The lowest BCUT2D eigenvalue weighted by Gasteiger charge is -2.38. The van der Waals surface area contributed by atoms with E-state index < -0.39 is 35.1 Å². The third kappa shape index (κ3) is 5.17. The fourth-order valence-corrected chi connectivity index (χ4v) is 7.61. The van der Waals surface area contributed by atoms with E-state index in [4.69, 9.17) is 4.74 Å². The van der Waals surface area contributed by atoms with Crippen LogP contribution in [0.4, 0.5) is 0 Å². The second-order valence-electron chi connectivity index (χ2n) is 12.0. The maximum atomic E-state index is 14.5. The first-order valence-electron chi connectivity index (χ1n) is 15.1. The first-order valence-corrected chi connectivity index (χ1v) is 15.1. The van der Waals surface area contributed by atoms with Gasteiger partial charge < -0.3 is 25.4 Å². The molecule has 41 heavy (non-hydrogen) atoms. The zero-order chi connectivity index (χ0) is 29.2. The van der Waals surface area contributed by atoms with Gasteiger partial charge in [0.1, 0.15) is 11.6 Å². The summed E-state index contributed by atoms with van der Waals surface area (Å²) >= 11 is 0. The quantitative estimate of drug-likeness (QED) is 0.368. The highest BCUT2D eigenvalue weighted by Crippen LogP contribution is 2.64. The summed E-state index contributed by atoms with van der Waals surface area (Å²) < 4.78 is 6.86. The smallest absolute Gasteiger partial charge is 0.246 e. The Morgan fingerprint density at radius 3 is 2.29 bits per heavy atom. The summed E-state index contributed by atoms with van der Waals surface area (Å²) in [6, 6.07) is 17.7. The number of carbonyl (C=O) groups excluding carboxylic acids is 3. The summed E-state index contributed by atoms with van der Waals surface area (Å²) in [5.41, 5.74) is -0.00797. The van der Waals surface area contributed by atoms with E-state index in [2.05, 4.69) is 17.6 Å². The SMILES string of the molecule is CCCC(C)NC(=O)C1N([C@@H](CO)Cc2ccccc2)C(=O)[C@@H]2[C@@H](C(=O)NCc3ccccc3)[C@@]3(CC)CCC12O3. The maximum absolute atomic E-state index is 14.5. The van der Waals surface area contributed by atoms with Crippen molar-refractivity contribution in [1.82, 2.24) is 15.5 Å². The molecule has 7 atom stereocenters. The molecule has 1 spiro atoms. The van der Waals surface area contributed by atoms with Crippen molar-refractivity contribution in [1.29, 1.82) is 0 Å². The van der Waals surface area contributed by atoms with Crippen LogP contribution in [-0.2, 0) is 32.1 Å².